The molecule has 1 aromatic carbocycles. The number of nitrogens with one attached hydrogen (secondary N) is 1. The highest BCUT2D eigenvalue weighted by Gasteiger charge is 2.05. The lowest BCUT2D eigenvalue weighted by Gasteiger charge is -2.10. The molecule has 0 bridgehead atoms. The molecule has 1 unspecified atom stereocenters. The molecule has 0 aliphatic carbocycles. The van der Waals surface area contributed by atoms with Gasteiger partial charge in [-0.2, -0.15) is 0 Å². The molecule has 1 aromatic rings. The maximum absolute atomic E-state index is 11.6. The van der Waals surface area contributed by atoms with Crippen LogP contribution in [0.5, 0.6) is 0 Å². The zero-order valence-electron chi connectivity index (χ0n) is 9.78. The van der Waals surface area contributed by atoms with Crippen LogP contribution in [0, 0.1) is 9.49 Å². The zero-order chi connectivity index (χ0) is 12.0. The molecule has 1 amide bonds. The molecular formula is C12H18ClIN2O. The highest BCUT2D eigenvalue weighted by Crippen LogP contribution is 2.08. The number of carbonyl (C=O) groups excluding carboxylic acids is 1. The fourth-order valence-corrected chi connectivity index (χ4v) is 1.87. The average Bonchev–Trinajstić information content (AvgIpc) is 2.26. The molecule has 1 rings (SSSR count). The van der Waals surface area contributed by atoms with E-state index < -0.39 is 0 Å². The molecule has 0 heterocycles. The molecule has 0 aliphatic heterocycles. The summed E-state index contributed by atoms with van der Waals surface area (Å²) in [4.78, 5) is 11.6. The third-order valence-electron chi connectivity index (χ3n) is 2.30. The molecule has 3 nitrogen and oxygen atoms in total. The van der Waals surface area contributed by atoms with Crippen LogP contribution in [0.15, 0.2) is 24.3 Å². The number of hydrogen-bond donors (Lipinski definition) is 2. The smallest absolute Gasteiger partial charge is 0.224 e. The van der Waals surface area contributed by atoms with Gasteiger partial charge in [-0.25, -0.2) is 0 Å². The fourth-order valence-electron chi connectivity index (χ4n) is 1.27. The molecule has 0 radical (unpaired) electrons. The summed E-state index contributed by atoms with van der Waals surface area (Å²) >= 11 is 2.24. The molecule has 1 atom stereocenters. The van der Waals surface area contributed by atoms with E-state index in [-0.39, 0.29) is 18.3 Å². The Bertz CT molecular complexity index is 360. The first-order valence-electron chi connectivity index (χ1n) is 5.33. The molecular weight excluding hydrogens is 351 g/mol. The summed E-state index contributed by atoms with van der Waals surface area (Å²) in [6, 6.07) is 7.96. The Morgan fingerprint density at radius 3 is 2.82 bits per heavy atom. The number of halogens is 2. The SMILES string of the molecule is CC(CN)CNC(=O)Cc1cccc(I)c1.Cl. The van der Waals surface area contributed by atoms with Crippen LogP contribution in [0.1, 0.15) is 12.5 Å². The largest absolute Gasteiger partial charge is 0.356 e. The lowest BCUT2D eigenvalue weighted by atomic mass is 10.1. The average molecular weight is 369 g/mol. The normalized spacial score (nSPS) is 11.5. The van der Waals surface area contributed by atoms with Gasteiger partial charge in [0.1, 0.15) is 0 Å². The van der Waals surface area contributed by atoms with Gasteiger partial charge in [-0.05, 0) is 52.7 Å². The van der Waals surface area contributed by atoms with Gasteiger partial charge in [-0.1, -0.05) is 19.1 Å². The van der Waals surface area contributed by atoms with Crippen molar-refractivity contribution in [2.45, 2.75) is 13.3 Å². The summed E-state index contributed by atoms with van der Waals surface area (Å²) in [5.74, 6) is 0.391. The first-order valence-corrected chi connectivity index (χ1v) is 6.41. The minimum atomic E-state index is 0. The van der Waals surface area contributed by atoms with Crippen LogP contribution in [0.3, 0.4) is 0 Å². The Morgan fingerprint density at radius 1 is 1.53 bits per heavy atom. The molecule has 0 saturated heterocycles. The highest BCUT2D eigenvalue weighted by atomic mass is 127. The summed E-state index contributed by atoms with van der Waals surface area (Å²) in [6.45, 7) is 3.27. The van der Waals surface area contributed by atoms with Crippen LogP contribution in [0.4, 0.5) is 0 Å². The Morgan fingerprint density at radius 2 is 2.24 bits per heavy atom. The van der Waals surface area contributed by atoms with E-state index in [0.29, 0.717) is 25.4 Å². The first-order chi connectivity index (χ1) is 7.61. The Labute approximate surface area is 122 Å². The number of nitrogens with two attached hydrogens (primary N) is 1. The van der Waals surface area contributed by atoms with Crippen molar-refractivity contribution in [3.05, 3.63) is 33.4 Å². The van der Waals surface area contributed by atoms with Crippen LogP contribution in [0.25, 0.3) is 0 Å². The second kappa shape index (κ2) is 8.72. The van der Waals surface area contributed by atoms with Crippen molar-refractivity contribution < 1.29 is 4.79 Å². The van der Waals surface area contributed by atoms with Gasteiger partial charge < -0.3 is 11.1 Å². The highest BCUT2D eigenvalue weighted by molar-refractivity contribution is 14.1. The van der Waals surface area contributed by atoms with Crippen LogP contribution in [-0.4, -0.2) is 19.0 Å². The second-order valence-corrected chi connectivity index (χ2v) is 5.20. The minimum absolute atomic E-state index is 0. The van der Waals surface area contributed by atoms with Gasteiger partial charge >= 0.3 is 0 Å². The Balaban J connectivity index is 0.00000256. The summed E-state index contributed by atoms with van der Waals surface area (Å²) in [7, 11) is 0. The van der Waals surface area contributed by atoms with Gasteiger partial charge in [0.25, 0.3) is 0 Å². The maximum atomic E-state index is 11.6. The Kier molecular flexibility index (Phi) is 8.55. The van der Waals surface area contributed by atoms with E-state index in [1.54, 1.807) is 0 Å². The second-order valence-electron chi connectivity index (χ2n) is 3.95. The van der Waals surface area contributed by atoms with E-state index in [9.17, 15) is 4.79 Å². The van der Waals surface area contributed by atoms with Gasteiger partial charge in [0.2, 0.25) is 5.91 Å². The van der Waals surface area contributed by atoms with E-state index in [1.807, 2.05) is 31.2 Å². The van der Waals surface area contributed by atoms with Crippen molar-refractivity contribution in [1.29, 1.82) is 0 Å². The predicted octanol–water partition coefficient (Wildman–Crippen LogP) is 1.97. The third-order valence-corrected chi connectivity index (χ3v) is 2.97. The number of rotatable bonds is 5. The van der Waals surface area contributed by atoms with Gasteiger partial charge in [0.05, 0.1) is 6.42 Å². The standard InChI is InChI=1S/C12H17IN2O.ClH/c1-9(7-14)8-15-12(16)6-10-3-2-4-11(13)5-10;/h2-5,9H,6-8,14H2,1H3,(H,15,16);1H. The Hall–Kier alpha value is -0.330. The van der Waals surface area contributed by atoms with E-state index >= 15 is 0 Å². The molecule has 5 heteroatoms. The van der Waals surface area contributed by atoms with Gasteiger partial charge in [-0.15, -0.1) is 12.4 Å². The lowest BCUT2D eigenvalue weighted by molar-refractivity contribution is -0.120. The van der Waals surface area contributed by atoms with Crippen molar-refractivity contribution in [2.75, 3.05) is 13.1 Å². The topological polar surface area (TPSA) is 55.1 Å². The number of amides is 1. The van der Waals surface area contributed by atoms with Crippen LogP contribution >= 0.6 is 35.0 Å². The molecule has 17 heavy (non-hydrogen) atoms. The number of benzene rings is 1. The quantitative estimate of drug-likeness (QED) is 0.781. The number of hydrogen-bond acceptors (Lipinski definition) is 2. The summed E-state index contributed by atoms with van der Waals surface area (Å²) in [6.07, 6.45) is 0.439. The minimum Gasteiger partial charge on any atom is -0.356 e. The van der Waals surface area contributed by atoms with Crippen molar-refractivity contribution in [3.63, 3.8) is 0 Å². The predicted molar refractivity (Wildman–Crippen MR) is 81.3 cm³/mol. The van der Waals surface area contributed by atoms with E-state index in [2.05, 4.69) is 27.9 Å². The van der Waals surface area contributed by atoms with Gasteiger partial charge in [0.15, 0.2) is 0 Å². The van der Waals surface area contributed by atoms with Crippen LogP contribution in [0.2, 0.25) is 0 Å². The fraction of sp³-hybridized carbons (Fsp3) is 0.417. The van der Waals surface area contributed by atoms with Gasteiger partial charge in [-0.3, -0.25) is 4.79 Å². The lowest BCUT2D eigenvalue weighted by Crippen LogP contribution is -2.32. The maximum Gasteiger partial charge on any atom is 0.224 e. The van der Waals surface area contributed by atoms with Crippen molar-refractivity contribution >= 4 is 40.9 Å². The molecule has 0 fully saturated rings. The molecule has 0 saturated carbocycles. The van der Waals surface area contributed by atoms with E-state index in [4.69, 9.17) is 5.73 Å². The zero-order valence-corrected chi connectivity index (χ0v) is 12.8. The van der Waals surface area contributed by atoms with Crippen molar-refractivity contribution in [1.82, 2.24) is 5.32 Å². The van der Waals surface area contributed by atoms with Crippen molar-refractivity contribution in [3.8, 4) is 0 Å². The third kappa shape index (κ3) is 6.85. The number of carbonyl (C=O) groups is 1. The molecule has 0 spiro atoms. The summed E-state index contributed by atoms with van der Waals surface area (Å²) in [5, 5.41) is 2.88. The molecule has 96 valence electrons. The van der Waals surface area contributed by atoms with Gasteiger partial charge in [0, 0.05) is 10.1 Å². The molecule has 0 aromatic heterocycles. The van der Waals surface area contributed by atoms with Crippen molar-refractivity contribution in [2.24, 2.45) is 11.7 Å². The van der Waals surface area contributed by atoms with E-state index in [0.717, 1.165) is 9.13 Å². The van der Waals surface area contributed by atoms with Crippen LogP contribution < -0.4 is 11.1 Å². The summed E-state index contributed by atoms with van der Waals surface area (Å²) in [5.41, 5.74) is 6.52. The molecule has 0 aliphatic rings. The monoisotopic (exact) mass is 368 g/mol. The molecule has 3 N–H and O–H groups in total. The van der Waals surface area contributed by atoms with E-state index in [1.165, 1.54) is 0 Å². The first kappa shape index (κ1) is 16.7. The van der Waals surface area contributed by atoms with Crippen LogP contribution in [-0.2, 0) is 11.2 Å². The summed E-state index contributed by atoms with van der Waals surface area (Å²) < 4.78 is 1.15.